The minimum absolute atomic E-state index is 0.0926. The van der Waals surface area contributed by atoms with Gasteiger partial charge in [-0.1, -0.05) is 6.07 Å². The number of rotatable bonds is 7. The highest BCUT2D eigenvalue weighted by Gasteiger charge is 2.27. The molecule has 24 heavy (non-hydrogen) atoms. The third-order valence-corrected chi connectivity index (χ3v) is 5.21. The van der Waals surface area contributed by atoms with Crippen LogP contribution < -0.4 is 5.32 Å². The lowest BCUT2D eigenvalue weighted by Crippen LogP contribution is -2.38. The molecule has 1 fully saturated rings. The molecule has 3 heterocycles. The van der Waals surface area contributed by atoms with Gasteiger partial charge >= 0.3 is 0 Å². The van der Waals surface area contributed by atoms with Crippen LogP contribution in [0.25, 0.3) is 0 Å². The van der Waals surface area contributed by atoms with Crippen LogP contribution in [0.3, 0.4) is 0 Å². The minimum atomic E-state index is 0.0926. The summed E-state index contributed by atoms with van der Waals surface area (Å²) in [6.07, 6.45) is 2.82. The molecule has 2 aromatic rings. The predicted octanol–water partition coefficient (Wildman–Crippen LogP) is 1.87. The van der Waals surface area contributed by atoms with Crippen molar-refractivity contribution in [2.45, 2.75) is 32.5 Å². The summed E-state index contributed by atoms with van der Waals surface area (Å²) in [7, 11) is 2.09. The maximum Gasteiger partial charge on any atom is 0.234 e. The Bertz CT molecular complexity index is 655. The van der Waals surface area contributed by atoms with Crippen molar-refractivity contribution >= 4 is 17.2 Å². The molecule has 0 aromatic carbocycles. The van der Waals surface area contributed by atoms with Crippen LogP contribution in [0, 0.1) is 6.92 Å². The number of nitrogens with one attached hydrogen (secondary N) is 1. The van der Waals surface area contributed by atoms with E-state index in [4.69, 9.17) is 4.42 Å². The van der Waals surface area contributed by atoms with Crippen molar-refractivity contribution in [2.24, 2.45) is 0 Å². The molecular formula is C17H24N4O2S. The first-order chi connectivity index (χ1) is 11.6. The number of likely N-dealkylation sites (tertiary alicyclic amines) is 1. The number of likely N-dealkylation sites (N-methyl/N-ethyl adjacent to an activating group) is 1. The third kappa shape index (κ3) is 4.66. The summed E-state index contributed by atoms with van der Waals surface area (Å²) < 4.78 is 5.54. The second-order valence-electron chi connectivity index (χ2n) is 6.31. The van der Waals surface area contributed by atoms with Gasteiger partial charge in [0.25, 0.3) is 0 Å². The van der Waals surface area contributed by atoms with Gasteiger partial charge in [0.05, 0.1) is 25.8 Å². The number of aryl methyl sites for hydroxylation is 1. The number of oxazole rings is 1. The number of carbonyl (C=O) groups is 1. The normalized spacial score (nSPS) is 18.4. The summed E-state index contributed by atoms with van der Waals surface area (Å²) in [5.74, 6) is 1.69. The highest BCUT2D eigenvalue weighted by Crippen LogP contribution is 2.16. The molecule has 130 valence electrons. The first-order valence-corrected chi connectivity index (χ1v) is 9.11. The lowest BCUT2D eigenvalue weighted by molar-refractivity contribution is -0.122. The van der Waals surface area contributed by atoms with Crippen LogP contribution >= 0.6 is 11.3 Å². The second kappa shape index (κ2) is 7.92. The molecule has 0 saturated carbocycles. The first-order valence-electron chi connectivity index (χ1n) is 8.23. The Morgan fingerprint density at radius 2 is 2.46 bits per heavy atom. The average molecular weight is 348 g/mol. The summed E-state index contributed by atoms with van der Waals surface area (Å²) in [4.78, 5) is 22.0. The van der Waals surface area contributed by atoms with Gasteiger partial charge in [-0.25, -0.2) is 4.98 Å². The van der Waals surface area contributed by atoms with Crippen LogP contribution in [0.15, 0.2) is 28.1 Å². The maximum absolute atomic E-state index is 12.1. The van der Waals surface area contributed by atoms with Crippen molar-refractivity contribution in [3.05, 3.63) is 40.2 Å². The number of thiophene rings is 1. The number of nitrogens with zero attached hydrogens (tertiary/aromatic N) is 3. The highest BCUT2D eigenvalue weighted by molar-refractivity contribution is 7.09. The molecule has 1 N–H and O–H groups in total. The molecule has 0 aliphatic carbocycles. The quantitative estimate of drug-likeness (QED) is 0.828. The molecule has 1 amide bonds. The van der Waals surface area contributed by atoms with E-state index in [2.05, 4.69) is 27.1 Å². The van der Waals surface area contributed by atoms with Crippen molar-refractivity contribution < 1.29 is 9.21 Å². The number of hydrogen-bond donors (Lipinski definition) is 1. The molecule has 0 spiro atoms. The predicted molar refractivity (Wildman–Crippen MR) is 93.7 cm³/mol. The Kier molecular flexibility index (Phi) is 5.65. The van der Waals surface area contributed by atoms with E-state index in [1.54, 1.807) is 17.5 Å². The highest BCUT2D eigenvalue weighted by atomic mass is 32.1. The monoisotopic (exact) mass is 348 g/mol. The average Bonchev–Trinajstić information content (AvgIpc) is 3.27. The zero-order valence-electron chi connectivity index (χ0n) is 14.2. The number of amides is 1. The van der Waals surface area contributed by atoms with Crippen LogP contribution in [0.4, 0.5) is 0 Å². The van der Waals surface area contributed by atoms with E-state index in [-0.39, 0.29) is 5.91 Å². The number of hydrogen-bond acceptors (Lipinski definition) is 6. The van der Waals surface area contributed by atoms with Crippen LogP contribution in [-0.2, 0) is 17.9 Å². The Morgan fingerprint density at radius 3 is 3.17 bits per heavy atom. The lowest BCUT2D eigenvalue weighted by Gasteiger charge is -2.23. The second-order valence-corrected chi connectivity index (χ2v) is 7.35. The minimum Gasteiger partial charge on any atom is -0.445 e. The summed E-state index contributed by atoms with van der Waals surface area (Å²) >= 11 is 1.66. The molecule has 0 bridgehead atoms. The van der Waals surface area contributed by atoms with Crippen LogP contribution in [0.1, 0.15) is 22.9 Å². The van der Waals surface area contributed by atoms with E-state index >= 15 is 0 Å². The van der Waals surface area contributed by atoms with Gasteiger partial charge < -0.3 is 9.73 Å². The van der Waals surface area contributed by atoms with Crippen molar-refractivity contribution in [3.8, 4) is 0 Å². The summed E-state index contributed by atoms with van der Waals surface area (Å²) in [5, 5.41) is 5.02. The van der Waals surface area contributed by atoms with E-state index in [1.165, 1.54) is 4.88 Å². The first kappa shape index (κ1) is 17.1. The van der Waals surface area contributed by atoms with Gasteiger partial charge in [-0.2, -0.15) is 0 Å². The molecule has 7 heteroatoms. The van der Waals surface area contributed by atoms with E-state index in [1.807, 2.05) is 24.4 Å². The van der Waals surface area contributed by atoms with Gasteiger partial charge in [0.15, 0.2) is 0 Å². The van der Waals surface area contributed by atoms with Crippen molar-refractivity contribution in [1.82, 2.24) is 20.1 Å². The zero-order valence-corrected chi connectivity index (χ0v) is 15.0. The van der Waals surface area contributed by atoms with Crippen molar-refractivity contribution in [2.75, 3.05) is 26.7 Å². The van der Waals surface area contributed by atoms with Crippen molar-refractivity contribution in [1.29, 1.82) is 0 Å². The summed E-state index contributed by atoms with van der Waals surface area (Å²) in [5.41, 5.74) is 0. The van der Waals surface area contributed by atoms with Gasteiger partial charge in [0.1, 0.15) is 5.76 Å². The molecule has 1 saturated heterocycles. The largest absolute Gasteiger partial charge is 0.445 e. The fraction of sp³-hybridized carbons (Fsp3) is 0.529. The molecule has 1 atom stereocenters. The molecule has 1 aliphatic rings. The molecule has 3 rings (SSSR count). The Balaban J connectivity index is 1.40. The zero-order chi connectivity index (χ0) is 16.9. The number of carbonyl (C=O) groups excluding carboxylic acids is 1. The standard InChI is InChI=1S/C17H24N4O2S/c1-13-8-19-17(23-13)12-20(2)14-5-6-21(10-14)11-16(22)18-9-15-4-3-7-24-15/h3-4,7-8,14H,5-6,9-12H2,1-2H3,(H,18,22)/t14-/m1/s1. The van der Waals surface area contributed by atoms with Gasteiger partial charge in [-0.05, 0) is 31.8 Å². The summed E-state index contributed by atoms with van der Waals surface area (Å²) in [6.45, 7) is 5.55. The van der Waals surface area contributed by atoms with E-state index in [0.717, 1.165) is 31.2 Å². The van der Waals surface area contributed by atoms with E-state index in [0.29, 0.717) is 25.7 Å². The Hall–Kier alpha value is -1.70. The lowest BCUT2D eigenvalue weighted by atomic mass is 10.2. The smallest absolute Gasteiger partial charge is 0.234 e. The van der Waals surface area contributed by atoms with E-state index < -0.39 is 0 Å². The summed E-state index contributed by atoms with van der Waals surface area (Å²) in [6, 6.07) is 4.47. The van der Waals surface area contributed by atoms with Gasteiger partial charge in [0.2, 0.25) is 11.8 Å². The van der Waals surface area contributed by atoms with Crippen molar-refractivity contribution in [3.63, 3.8) is 0 Å². The molecule has 1 aliphatic heterocycles. The Labute approximate surface area is 146 Å². The number of aromatic nitrogens is 1. The third-order valence-electron chi connectivity index (χ3n) is 4.33. The molecule has 0 radical (unpaired) electrons. The van der Waals surface area contributed by atoms with Crippen LogP contribution in [-0.4, -0.2) is 53.4 Å². The van der Waals surface area contributed by atoms with Crippen LogP contribution in [0.2, 0.25) is 0 Å². The fourth-order valence-electron chi connectivity index (χ4n) is 2.99. The molecule has 0 unspecified atom stereocenters. The van der Waals surface area contributed by atoms with E-state index in [9.17, 15) is 4.79 Å². The molecule has 2 aromatic heterocycles. The molecule has 6 nitrogen and oxygen atoms in total. The van der Waals surface area contributed by atoms with Gasteiger partial charge in [-0.3, -0.25) is 14.6 Å². The SMILES string of the molecule is Cc1cnc(CN(C)[C@@H]2CCN(CC(=O)NCc3cccs3)C2)o1. The topological polar surface area (TPSA) is 61.6 Å². The maximum atomic E-state index is 12.1. The van der Waals surface area contributed by atoms with Crippen LogP contribution in [0.5, 0.6) is 0 Å². The molecular weight excluding hydrogens is 324 g/mol. The van der Waals surface area contributed by atoms with Gasteiger partial charge in [0, 0.05) is 24.0 Å². The Morgan fingerprint density at radius 1 is 1.58 bits per heavy atom. The fourth-order valence-corrected chi connectivity index (χ4v) is 3.63. The van der Waals surface area contributed by atoms with Gasteiger partial charge in [-0.15, -0.1) is 11.3 Å².